The van der Waals surface area contributed by atoms with Gasteiger partial charge < -0.3 is 15.4 Å². The second-order valence-electron chi connectivity index (χ2n) is 5.99. The van der Waals surface area contributed by atoms with Gasteiger partial charge in [0.1, 0.15) is 11.8 Å². The van der Waals surface area contributed by atoms with Gasteiger partial charge in [0.2, 0.25) is 5.91 Å². The fourth-order valence-corrected chi connectivity index (χ4v) is 2.45. The van der Waals surface area contributed by atoms with Crippen LogP contribution in [0.25, 0.3) is 0 Å². The highest BCUT2D eigenvalue weighted by atomic mass is 16.5. The van der Waals surface area contributed by atoms with Gasteiger partial charge in [-0.3, -0.25) is 4.79 Å². The molecule has 0 radical (unpaired) electrons. The van der Waals surface area contributed by atoms with E-state index < -0.39 is 0 Å². The van der Waals surface area contributed by atoms with Crippen LogP contribution in [-0.4, -0.2) is 19.1 Å². The van der Waals surface area contributed by atoms with E-state index >= 15 is 0 Å². The molecule has 0 spiro atoms. The third-order valence-corrected chi connectivity index (χ3v) is 4.23. The van der Waals surface area contributed by atoms with Crippen LogP contribution in [0, 0.1) is 0 Å². The van der Waals surface area contributed by atoms with Crippen LogP contribution in [0.1, 0.15) is 38.7 Å². The van der Waals surface area contributed by atoms with Crippen molar-refractivity contribution >= 4 is 17.3 Å². The number of hydrogen-bond acceptors (Lipinski definition) is 3. The van der Waals surface area contributed by atoms with Crippen molar-refractivity contribution in [1.29, 1.82) is 0 Å². The van der Waals surface area contributed by atoms with Crippen LogP contribution in [0.15, 0.2) is 48.5 Å². The molecule has 0 saturated heterocycles. The first-order valence-electron chi connectivity index (χ1n) is 8.35. The standard InChI is InChI=1S/C20H26N2O2/c1-5-14(2)16-10-12-17(13-11-16)21-15(3)20(23)22-18-8-6-7-9-19(18)24-4/h6-15,21H,5H2,1-4H3,(H,22,23)/t14-,15-/m0/s1. The summed E-state index contributed by atoms with van der Waals surface area (Å²) >= 11 is 0. The van der Waals surface area contributed by atoms with Crippen molar-refractivity contribution in [3.63, 3.8) is 0 Å². The van der Waals surface area contributed by atoms with E-state index in [2.05, 4.69) is 36.6 Å². The van der Waals surface area contributed by atoms with Crippen molar-refractivity contribution in [2.75, 3.05) is 17.7 Å². The molecule has 128 valence electrons. The van der Waals surface area contributed by atoms with E-state index in [1.165, 1.54) is 5.56 Å². The molecule has 0 unspecified atom stereocenters. The van der Waals surface area contributed by atoms with Gasteiger partial charge >= 0.3 is 0 Å². The number of amides is 1. The van der Waals surface area contributed by atoms with E-state index in [0.29, 0.717) is 17.4 Å². The van der Waals surface area contributed by atoms with Gasteiger partial charge in [0.15, 0.2) is 0 Å². The van der Waals surface area contributed by atoms with Crippen LogP contribution in [0.3, 0.4) is 0 Å². The minimum Gasteiger partial charge on any atom is -0.495 e. The zero-order valence-electron chi connectivity index (χ0n) is 14.8. The summed E-state index contributed by atoms with van der Waals surface area (Å²) in [6.07, 6.45) is 1.12. The van der Waals surface area contributed by atoms with E-state index in [1.807, 2.05) is 43.3 Å². The molecule has 0 aromatic heterocycles. The highest BCUT2D eigenvalue weighted by molar-refractivity contribution is 5.97. The summed E-state index contributed by atoms with van der Waals surface area (Å²) in [4.78, 5) is 12.4. The van der Waals surface area contributed by atoms with Gasteiger partial charge in [-0.05, 0) is 49.1 Å². The molecule has 2 aromatic rings. The van der Waals surface area contributed by atoms with Gasteiger partial charge in [-0.15, -0.1) is 0 Å². The molecule has 2 N–H and O–H groups in total. The lowest BCUT2D eigenvalue weighted by Gasteiger charge is -2.17. The number of nitrogens with one attached hydrogen (secondary N) is 2. The van der Waals surface area contributed by atoms with E-state index in [9.17, 15) is 4.79 Å². The molecule has 0 fully saturated rings. The zero-order valence-corrected chi connectivity index (χ0v) is 14.8. The Labute approximate surface area is 144 Å². The zero-order chi connectivity index (χ0) is 17.5. The molecule has 2 aromatic carbocycles. The van der Waals surface area contributed by atoms with Gasteiger partial charge in [0.05, 0.1) is 12.8 Å². The highest BCUT2D eigenvalue weighted by Gasteiger charge is 2.14. The van der Waals surface area contributed by atoms with Gasteiger partial charge in [-0.1, -0.05) is 38.1 Å². The lowest BCUT2D eigenvalue weighted by Crippen LogP contribution is -2.32. The minimum absolute atomic E-state index is 0.106. The van der Waals surface area contributed by atoms with Crippen LogP contribution in [0.5, 0.6) is 5.75 Å². The third-order valence-electron chi connectivity index (χ3n) is 4.23. The molecule has 0 heterocycles. The normalized spacial score (nSPS) is 13.0. The van der Waals surface area contributed by atoms with E-state index in [-0.39, 0.29) is 11.9 Å². The highest BCUT2D eigenvalue weighted by Crippen LogP contribution is 2.24. The second-order valence-corrected chi connectivity index (χ2v) is 5.99. The van der Waals surface area contributed by atoms with Gasteiger partial charge in [0, 0.05) is 5.69 Å². The molecule has 1 amide bonds. The quantitative estimate of drug-likeness (QED) is 0.779. The number of rotatable bonds is 7. The van der Waals surface area contributed by atoms with Gasteiger partial charge in [-0.25, -0.2) is 0 Å². The average molecular weight is 326 g/mol. The van der Waals surface area contributed by atoms with Crippen LogP contribution in [0.4, 0.5) is 11.4 Å². The number of anilines is 2. The number of para-hydroxylation sites is 2. The second kappa shape index (κ2) is 8.39. The predicted octanol–water partition coefficient (Wildman–Crippen LogP) is 4.65. The van der Waals surface area contributed by atoms with Crippen molar-refractivity contribution in [2.24, 2.45) is 0 Å². The maximum atomic E-state index is 12.4. The predicted molar refractivity (Wildman–Crippen MR) is 99.9 cm³/mol. The molecular weight excluding hydrogens is 300 g/mol. The Bertz CT molecular complexity index is 668. The van der Waals surface area contributed by atoms with Crippen molar-refractivity contribution < 1.29 is 9.53 Å². The smallest absolute Gasteiger partial charge is 0.246 e. The number of methoxy groups -OCH3 is 1. The summed E-state index contributed by atoms with van der Waals surface area (Å²) in [5, 5.41) is 6.12. The third kappa shape index (κ3) is 4.51. The van der Waals surface area contributed by atoms with Crippen LogP contribution < -0.4 is 15.4 Å². The molecule has 0 bridgehead atoms. The SMILES string of the molecule is CC[C@H](C)c1ccc(N[C@@H](C)C(=O)Nc2ccccc2OC)cc1. The van der Waals surface area contributed by atoms with E-state index in [1.54, 1.807) is 7.11 Å². The molecule has 24 heavy (non-hydrogen) atoms. The van der Waals surface area contributed by atoms with Crippen molar-refractivity contribution in [3.8, 4) is 5.75 Å². The first kappa shape index (κ1) is 17.9. The molecule has 4 heteroatoms. The Morgan fingerprint density at radius 2 is 1.75 bits per heavy atom. The maximum Gasteiger partial charge on any atom is 0.246 e. The summed E-state index contributed by atoms with van der Waals surface area (Å²) in [6.45, 7) is 6.24. The number of carbonyl (C=O) groups excluding carboxylic acids is 1. The monoisotopic (exact) mass is 326 g/mol. The fourth-order valence-electron chi connectivity index (χ4n) is 2.45. The Morgan fingerprint density at radius 1 is 1.08 bits per heavy atom. The average Bonchev–Trinajstić information content (AvgIpc) is 2.62. The fraction of sp³-hybridized carbons (Fsp3) is 0.350. The van der Waals surface area contributed by atoms with E-state index in [0.717, 1.165) is 12.1 Å². The molecule has 0 aliphatic rings. The minimum atomic E-state index is -0.357. The van der Waals surface area contributed by atoms with Crippen LogP contribution in [0.2, 0.25) is 0 Å². The van der Waals surface area contributed by atoms with Crippen molar-refractivity contribution in [3.05, 3.63) is 54.1 Å². The summed E-state index contributed by atoms with van der Waals surface area (Å²) in [5.74, 6) is 1.09. The Balaban J connectivity index is 1.98. The van der Waals surface area contributed by atoms with Crippen molar-refractivity contribution in [2.45, 2.75) is 39.2 Å². The Morgan fingerprint density at radius 3 is 2.38 bits per heavy atom. The lowest BCUT2D eigenvalue weighted by molar-refractivity contribution is -0.116. The number of benzene rings is 2. The van der Waals surface area contributed by atoms with Crippen LogP contribution >= 0.6 is 0 Å². The van der Waals surface area contributed by atoms with Gasteiger partial charge in [0.25, 0.3) is 0 Å². The molecule has 0 aliphatic carbocycles. The largest absolute Gasteiger partial charge is 0.495 e. The first-order chi connectivity index (χ1) is 11.5. The number of hydrogen-bond donors (Lipinski definition) is 2. The summed E-state index contributed by atoms with van der Waals surface area (Å²) in [6, 6.07) is 15.3. The maximum absolute atomic E-state index is 12.4. The molecule has 0 aliphatic heterocycles. The first-order valence-corrected chi connectivity index (χ1v) is 8.35. The Hall–Kier alpha value is -2.49. The summed E-state index contributed by atoms with van der Waals surface area (Å²) < 4.78 is 5.26. The number of carbonyl (C=O) groups is 1. The lowest BCUT2D eigenvalue weighted by atomic mass is 9.98. The van der Waals surface area contributed by atoms with Crippen LogP contribution in [-0.2, 0) is 4.79 Å². The molecule has 2 atom stereocenters. The van der Waals surface area contributed by atoms with Crippen molar-refractivity contribution in [1.82, 2.24) is 0 Å². The summed E-state index contributed by atoms with van der Waals surface area (Å²) in [5.41, 5.74) is 2.92. The molecule has 0 saturated carbocycles. The molecular formula is C20H26N2O2. The molecule has 4 nitrogen and oxygen atoms in total. The van der Waals surface area contributed by atoms with Gasteiger partial charge in [-0.2, -0.15) is 0 Å². The topological polar surface area (TPSA) is 50.4 Å². The molecule has 2 rings (SSSR count). The summed E-state index contributed by atoms with van der Waals surface area (Å²) in [7, 11) is 1.59. The number of ether oxygens (including phenoxy) is 1. The van der Waals surface area contributed by atoms with E-state index in [4.69, 9.17) is 4.74 Å². The Kier molecular flexibility index (Phi) is 6.24.